The molecule has 1 aromatic heterocycles. The molecule has 0 aromatic carbocycles. The van der Waals surface area contributed by atoms with Crippen LogP contribution in [0.25, 0.3) is 0 Å². The third kappa shape index (κ3) is 5.51. The molecule has 0 aliphatic rings. The monoisotopic (exact) mass is 246 g/mol. The van der Waals surface area contributed by atoms with E-state index in [0.717, 1.165) is 24.5 Å². The summed E-state index contributed by atoms with van der Waals surface area (Å²) in [5.41, 5.74) is 1.86. The summed E-state index contributed by atoms with van der Waals surface area (Å²) in [7, 11) is 0. The molecule has 1 atom stereocenters. The fraction of sp³-hybridized carbons (Fsp3) is 0.700. The van der Waals surface area contributed by atoms with Crippen molar-refractivity contribution in [2.45, 2.75) is 19.4 Å². The highest BCUT2D eigenvalue weighted by Gasteiger charge is 2.04. The average molecular weight is 246 g/mol. The Bertz CT molecular complexity index is 242. The van der Waals surface area contributed by atoms with Crippen LogP contribution < -0.4 is 5.32 Å². The number of aromatic nitrogens is 1. The number of hydrogen-bond acceptors (Lipinski definition) is 5. The van der Waals surface area contributed by atoms with Crippen LogP contribution in [0.15, 0.2) is 11.7 Å². The first-order valence-electron chi connectivity index (χ1n) is 5.15. The molecule has 0 amide bonds. The van der Waals surface area contributed by atoms with Gasteiger partial charge in [0.15, 0.2) is 0 Å². The topological polar surface area (TPSA) is 45.1 Å². The Hall–Kier alpha value is -0.100. The lowest BCUT2D eigenvalue weighted by Gasteiger charge is -2.10. The maximum absolute atomic E-state index is 8.60. The number of thioether (sulfide) groups is 1. The lowest BCUT2D eigenvalue weighted by atomic mass is 10.3. The van der Waals surface area contributed by atoms with Crippen molar-refractivity contribution in [1.82, 2.24) is 10.3 Å². The molecule has 3 nitrogen and oxygen atoms in total. The minimum Gasteiger partial charge on any atom is -0.396 e. The van der Waals surface area contributed by atoms with Crippen LogP contribution in [-0.2, 0) is 0 Å². The van der Waals surface area contributed by atoms with Gasteiger partial charge in [-0.25, -0.2) is 0 Å². The quantitative estimate of drug-likeness (QED) is 0.688. The van der Waals surface area contributed by atoms with Gasteiger partial charge in [0.1, 0.15) is 0 Å². The fourth-order valence-corrected chi connectivity index (χ4v) is 2.61. The fourth-order valence-electron chi connectivity index (χ4n) is 1.16. The summed E-state index contributed by atoms with van der Waals surface area (Å²) in [6.07, 6.45) is 2.82. The van der Waals surface area contributed by atoms with Crippen molar-refractivity contribution in [3.8, 4) is 0 Å². The Balaban J connectivity index is 2.00. The summed E-state index contributed by atoms with van der Waals surface area (Å²) >= 11 is 3.57. The second-order valence-electron chi connectivity index (χ2n) is 3.27. The minimum absolute atomic E-state index is 0.303. The first kappa shape index (κ1) is 13.0. The van der Waals surface area contributed by atoms with Gasteiger partial charge in [-0.2, -0.15) is 11.8 Å². The molecule has 1 aromatic rings. The largest absolute Gasteiger partial charge is 0.396 e. The zero-order chi connectivity index (χ0) is 10.9. The van der Waals surface area contributed by atoms with Gasteiger partial charge in [0, 0.05) is 36.0 Å². The van der Waals surface area contributed by atoms with E-state index in [1.807, 2.05) is 23.5 Å². The normalized spacial score (nSPS) is 12.9. The van der Waals surface area contributed by atoms with E-state index in [9.17, 15) is 0 Å². The highest BCUT2D eigenvalue weighted by Crippen LogP contribution is 2.15. The molecule has 0 bridgehead atoms. The molecule has 0 aliphatic heterocycles. The third-order valence-corrected chi connectivity index (χ3v) is 4.05. The molecule has 5 heteroatoms. The predicted molar refractivity (Wildman–Crippen MR) is 67.6 cm³/mol. The van der Waals surface area contributed by atoms with E-state index >= 15 is 0 Å². The predicted octanol–water partition coefficient (Wildman–Crippen LogP) is 1.91. The van der Waals surface area contributed by atoms with Gasteiger partial charge >= 0.3 is 0 Å². The van der Waals surface area contributed by atoms with Gasteiger partial charge in [0.2, 0.25) is 0 Å². The first-order chi connectivity index (χ1) is 7.34. The molecule has 0 radical (unpaired) electrons. The summed E-state index contributed by atoms with van der Waals surface area (Å²) in [6, 6.07) is 0.399. The van der Waals surface area contributed by atoms with Crippen LogP contribution in [0.5, 0.6) is 0 Å². The molecule has 0 saturated carbocycles. The standard InChI is InChI=1S/C10H18N2OS2/c1-9(10-7-11-8-15-10)12-3-6-14-5-2-4-13/h7-9,12-13H,2-6H2,1H3. The van der Waals surface area contributed by atoms with E-state index in [1.54, 1.807) is 11.3 Å². The van der Waals surface area contributed by atoms with Crippen molar-refractivity contribution in [3.63, 3.8) is 0 Å². The molecule has 0 fully saturated rings. The zero-order valence-corrected chi connectivity index (χ0v) is 10.6. The van der Waals surface area contributed by atoms with Gasteiger partial charge in [-0.15, -0.1) is 11.3 Å². The summed E-state index contributed by atoms with van der Waals surface area (Å²) < 4.78 is 0. The van der Waals surface area contributed by atoms with E-state index < -0.39 is 0 Å². The van der Waals surface area contributed by atoms with Gasteiger partial charge < -0.3 is 10.4 Å². The van der Waals surface area contributed by atoms with E-state index in [1.165, 1.54) is 4.88 Å². The molecule has 0 saturated heterocycles. The van der Waals surface area contributed by atoms with Gasteiger partial charge in [-0.3, -0.25) is 4.98 Å². The number of rotatable bonds is 8. The highest BCUT2D eigenvalue weighted by molar-refractivity contribution is 7.99. The molecule has 1 rings (SSSR count). The second kappa shape index (κ2) is 8.10. The van der Waals surface area contributed by atoms with Gasteiger partial charge in [0.05, 0.1) is 5.51 Å². The summed E-state index contributed by atoms with van der Waals surface area (Å²) in [4.78, 5) is 5.34. The van der Waals surface area contributed by atoms with Crippen molar-refractivity contribution in [1.29, 1.82) is 0 Å². The minimum atomic E-state index is 0.303. The van der Waals surface area contributed by atoms with Gasteiger partial charge in [-0.05, 0) is 19.1 Å². The number of hydrogen-bond donors (Lipinski definition) is 2. The Labute approximate surface area is 99.3 Å². The van der Waals surface area contributed by atoms with Crippen molar-refractivity contribution >= 4 is 23.1 Å². The van der Waals surface area contributed by atoms with Crippen LogP contribution in [0.1, 0.15) is 24.3 Å². The van der Waals surface area contributed by atoms with Crippen LogP contribution in [0.2, 0.25) is 0 Å². The molecular weight excluding hydrogens is 228 g/mol. The molecule has 0 spiro atoms. The van der Waals surface area contributed by atoms with Crippen LogP contribution in [0, 0.1) is 0 Å². The average Bonchev–Trinajstić information content (AvgIpc) is 2.76. The molecule has 15 heavy (non-hydrogen) atoms. The number of aliphatic hydroxyl groups is 1. The SMILES string of the molecule is CC(NCCSCCCO)c1cncs1. The summed E-state index contributed by atoms with van der Waals surface area (Å²) in [5.74, 6) is 2.15. The van der Waals surface area contributed by atoms with E-state index in [-0.39, 0.29) is 0 Å². The number of nitrogens with zero attached hydrogens (tertiary/aromatic N) is 1. The highest BCUT2D eigenvalue weighted by atomic mass is 32.2. The molecule has 1 unspecified atom stereocenters. The van der Waals surface area contributed by atoms with E-state index in [4.69, 9.17) is 5.11 Å². The lowest BCUT2D eigenvalue weighted by Crippen LogP contribution is -2.20. The van der Waals surface area contributed by atoms with Crippen LogP contribution in [-0.4, -0.2) is 34.7 Å². The van der Waals surface area contributed by atoms with Crippen molar-refractivity contribution in [3.05, 3.63) is 16.6 Å². The Morgan fingerprint density at radius 1 is 1.60 bits per heavy atom. The zero-order valence-electron chi connectivity index (χ0n) is 8.98. The molecular formula is C10H18N2OS2. The van der Waals surface area contributed by atoms with Crippen LogP contribution in [0.3, 0.4) is 0 Å². The maximum atomic E-state index is 8.60. The summed E-state index contributed by atoms with van der Waals surface area (Å²) in [6.45, 7) is 3.47. The third-order valence-electron chi connectivity index (χ3n) is 2.02. The molecule has 0 aliphatic carbocycles. The van der Waals surface area contributed by atoms with Crippen molar-refractivity contribution in [2.75, 3.05) is 24.7 Å². The van der Waals surface area contributed by atoms with Gasteiger partial charge in [0.25, 0.3) is 0 Å². The maximum Gasteiger partial charge on any atom is 0.0794 e. The smallest absolute Gasteiger partial charge is 0.0794 e. The van der Waals surface area contributed by atoms with Crippen LogP contribution in [0.4, 0.5) is 0 Å². The second-order valence-corrected chi connectivity index (χ2v) is 5.41. The Morgan fingerprint density at radius 2 is 2.47 bits per heavy atom. The van der Waals surface area contributed by atoms with Gasteiger partial charge in [-0.1, -0.05) is 0 Å². The van der Waals surface area contributed by atoms with E-state index in [2.05, 4.69) is 17.2 Å². The van der Waals surface area contributed by atoms with E-state index in [0.29, 0.717) is 12.6 Å². The van der Waals surface area contributed by atoms with Crippen LogP contribution >= 0.6 is 23.1 Å². The summed E-state index contributed by atoms with van der Waals surface area (Å²) in [5, 5.41) is 12.1. The molecule has 1 heterocycles. The molecule has 86 valence electrons. The Kier molecular flexibility index (Phi) is 7.00. The number of nitrogens with one attached hydrogen (secondary N) is 1. The molecule has 2 N–H and O–H groups in total. The van der Waals surface area contributed by atoms with Crippen molar-refractivity contribution in [2.24, 2.45) is 0 Å². The number of thiazole rings is 1. The van der Waals surface area contributed by atoms with Crippen molar-refractivity contribution < 1.29 is 5.11 Å². The number of aliphatic hydroxyl groups excluding tert-OH is 1. The lowest BCUT2D eigenvalue weighted by molar-refractivity contribution is 0.296. The first-order valence-corrected chi connectivity index (χ1v) is 7.18. The Morgan fingerprint density at radius 3 is 3.13 bits per heavy atom.